The number of hydrogen-bond donors (Lipinski definition) is 1. The average molecular weight is 199 g/mol. The SMILES string of the molecule is C[Si](C)(C)CNC(=O)C(F)(F)F. The normalized spacial score (nSPS) is 12.8. The van der Waals surface area contributed by atoms with Gasteiger partial charge in [0.15, 0.2) is 0 Å². The molecule has 0 radical (unpaired) electrons. The van der Waals surface area contributed by atoms with E-state index < -0.39 is 20.2 Å². The number of nitrogens with one attached hydrogen (secondary N) is 1. The summed E-state index contributed by atoms with van der Waals surface area (Å²) in [5, 5.41) is 1.86. The van der Waals surface area contributed by atoms with Crippen LogP contribution in [0.1, 0.15) is 0 Å². The molecule has 1 N–H and O–H groups in total. The summed E-state index contributed by atoms with van der Waals surface area (Å²) in [6, 6.07) is 0. The summed E-state index contributed by atoms with van der Waals surface area (Å²) < 4.78 is 34.9. The number of halogens is 3. The van der Waals surface area contributed by atoms with Crippen LogP contribution in [0.25, 0.3) is 0 Å². The Hall–Kier alpha value is -0.523. The van der Waals surface area contributed by atoms with Crippen LogP contribution in [-0.4, -0.2) is 26.3 Å². The van der Waals surface area contributed by atoms with E-state index in [4.69, 9.17) is 0 Å². The second kappa shape index (κ2) is 3.47. The molecule has 0 bridgehead atoms. The van der Waals surface area contributed by atoms with Crippen molar-refractivity contribution in [3.05, 3.63) is 0 Å². The quantitative estimate of drug-likeness (QED) is 0.671. The zero-order valence-corrected chi connectivity index (χ0v) is 8.25. The maximum absolute atomic E-state index is 11.6. The molecule has 0 aromatic rings. The molecule has 1 amide bonds. The Kier molecular flexibility index (Phi) is 3.31. The Morgan fingerprint density at radius 1 is 1.33 bits per heavy atom. The molecule has 0 atom stereocenters. The molecule has 0 aliphatic carbocycles. The van der Waals surface area contributed by atoms with E-state index in [2.05, 4.69) is 0 Å². The number of rotatable bonds is 2. The molecule has 0 saturated carbocycles. The van der Waals surface area contributed by atoms with E-state index in [1.165, 1.54) is 0 Å². The van der Waals surface area contributed by atoms with Crippen LogP contribution in [0, 0.1) is 0 Å². The first-order valence-electron chi connectivity index (χ1n) is 3.48. The number of carbonyl (C=O) groups is 1. The van der Waals surface area contributed by atoms with Gasteiger partial charge >= 0.3 is 12.1 Å². The standard InChI is InChI=1S/C6H12F3NOSi/c1-12(2,3)4-10-5(11)6(7,8)9/h4H2,1-3H3,(H,10,11). The first-order valence-corrected chi connectivity index (χ1v) is 7.19. The van der Waals surface area contributed by atoms with Gasteiger partial charge in [-0.3, -0.25) is 4.79 Å². The lowest BCUT2D eigenvalue weighted by Gasteiger charge is -2.16. The Bertz CT molecular complexity index is 173. The number of hydrogen-bond acceptors (Lipinski definition) is 1. The van der Waals surface area contributed by atoms with Gasteiger partial charge in [-0.05, 0) is 0 Å². The summed E-state index contributed by atoms with van der Waals surface area (Å²) in [5.41, 5.74) is 0. The Balaban J connectivity index is 3.90. The predicted molar refractivity (Wildman–Crippen MR) is 42.4 cm³/mol. The highest BCUT2D eigenvalue weighted by Crippen LogP contribution is 2.14. The van der Waals surface area contributed by atoms with Crippen molar-refractivity contribution in [3.63, 3.8) is 0 Å². The molecule has 72 valence electrons. The lowest BCUT2D eigenvalue weighted by molar-refractivity contribution is -0.173. The fourth-order valence-corrected chi connectivity index (χ4v) is 1.14. The van der Waals surface area contributed by atoms with Gasteiger partial charge in [0.1, 0.15) is 0 Å². The smallest absolute Gasteiger partial charge is 0.351 e. The monoisotopic (exact) mass is 199 g/mol. The second-order valence-electron chi connectivity index (χ2n) is 3.74. The largest absolute Gasteiger partial charge is 0.471 e. The van der Waals surface area contributed by atoms with Crippen molar-refractivity contribution in [1.82, 2.24) is 5.32 Å². The van der Waals surface area contributed by atoms with Crippen LogP contribution >= 0.6 is 0 Å². The minimum atomic E-state index is -4.75. The second-order valence-corrected chi connectivity index (χ2v) is 9.22. The summed E-state index contributed by atoms with van der Waals surface area (Å²) in [4.78, 5) is 10.3. The summed E-state index contributed by atoms with van der Waals surface area (Å²) in [6.45, 7) is 5.64. The minimum absolute atomic E-state index is 0.158. The molecule has 0 saturated heterocycles. The third-order valence-electron chi connectivity index (χ3n) is 1.04. The van der Waals surface area contributed by atoms with Gasteiger partial charge in [-0.1, -0.05) is 19.6 Å². The summed E-state index contributed by atoms with van der Waals surface area (Å²) >= 11 is 0. The molecular formula is C6H12F3NOSi. The first kappa shape index (κ1) is 11.5. The van der Waals surface area contributed by atoms with Crippen LogP contribution in [0.4, 0.5) is 13.2 Å². The third kappa shape index (κ3) is 5.17. The van der Waals surface area contributed by atoms with E-state index in [0.717, 1.165) is 0 Å². The van der Waals surface area contributed by atoms with Gasteiger partial charge in [0.05, 0.1) is 8.07 Å². The highest BCUT2D eigenvalue weighted by molar-refractivity contribution is 6.76. The summed E-state index contributed by atoms with van der Waals surface area (Å²) in [5.74, 6) is -1.84. The Morgan fingerprint density at radius 2 is 1.75 bits per heavy atom. The molecule has 0 aliphatic rings. The van der Waals surface area contributed by atoms with Crippen molar-refractivity contribution in [1.29, 1.82) is 0 Å². The summed E-state index contributed by atoms with van der Waals surface area (Å²) in [6.07, 6.45) is -4.59. The van der Waals surface area contributed by atoms with Crippen LogP contribution in [-0.2, 0) is 4.79 Å². The van der Waals surface area contributed by atoms with Crippen LogP contribution in [0.5, 0.6) is 0 Å². The van der Waals surface area contributed by atoms with E-state index in [9.17, 15) is 18.0 Å². The molecule has 0 heterocycles. The van der Waals surface area contributed by atoms with Crippen molar-refractivity contribution in [2.45, 2.75) is 25.8 Å². The number of amides is 1. The number of alkyl halides is 3. The molecule has 6 heteroatoms. The Morgan fingerprint density at radius 3 is 2.00 bits per heavy atom. The van der Waals surface area contributed by atoms with E-state index in [-0.39, 0.29) is 6.17 Å². The molecule has 0 spiro atoms. The highest BCUT2D eigenvalue weighted by Gasteiger charge is 2.38. The van der Waals surface area contributed by atoms with E-state index in [1.807, 2.05) is 25.0 Å². The molecule has 2 nitrogen and oxygen atoms in total. The molecular weight excluding hydrogens is 187 g/mol. The zero-order valence-electron chi connectivity index (χ0n) is 7.25. The summed E-state index contributed by atoms with van der Waals surface area (Å²) in [7, 11) is -1.63. The van der Waals surface area contributed by atoms with Gasteiger partial charge in [-0.25, -0.2) is 0 Å². The van der Waals surface area contributed by atoms with Crippen molar-refractivity contribution in [3.8, 4) is 0 Å². The Labute approximate surface area is 70.2 Å². The molecule has 0 aliphatic heterocycles. The fourth-order valence-electron chi connectivity index (χ4n) is 0.446. The molecule has 0 unspecified atom stereocenters. The van der Waals surface area contributed by atoms with Gasteiger partial charge in [-0.2, -0.15) is 13.2 Å². The topological polar surface area (TPSA) is 29.1 Å². The van der Waals surface area contributed by atoms with Crippen molar-refractivity contribution in [2.75, 3.05) is 6.17 Å². The van der Waals surface area contributed by atoms with Crippen LogP contribution in [0.15, 0.2) is 0 Å². The van der Waals surface area contributed by atoms with Crippen molar-refractivity contribution >= 4 is 14.0 Å². The molecule has 0 aromatic heterocycles. The van der Waals surface area contributed by atoms with Crippen LogP contribution in [0.2, 0.25) is 19.6 Å². The zero-order chi connectivity index (χ0) is 9.99. The molecule has 0 aromatic carbocycles. The van der Waals surface area contributed by atoms with Crippen LogP contribution in [0.3, 0.4) is 0 Å². The maximum atomic E-state index is 11.6. The lowest BCUT2D eigenvalue weighted by atomic mass is 10.6. The minimum Gasteiger partial charge on any atom is -0.351 e. The van der Waals surface area contributed by atoms with E-state index in [0.29, 0.717) is 0 Å². The molecule has 0 rings (SSSR count). The van der Waals surface area contributed by atoms with Crippen molar-refractivity contribution < 1.29 is 18.0 Å². The average Bonchev–Trinajstić information content (AvgIpc) is 1.78. The maximum Gasteiger partial charge on any atom is 0.471 e. The predicted octanol–water partition coefficient (Wildman–Crippen LogP) is 1.54. The lowest BCUT2D eigenvalue weighted by Crippen LogP contribution is -2.45. The van der Waals surface area contributed by atoms with Gasteiger partial charge in [-0.15, -0.1) is 0 Å². The van der Waals surface area contributed by atoms with Crippen molar-refractivity contribution in [2.24, 2.45) is 0 Å². The number of carbonyl (C=O) groups excluding carboxylic acids is 1. The van der Waals surface area contributed by atoms with E-state index in [1.54, 1.807) is 0 Å². The van der Waals surface area contributed by atoms with Gasteiger partial charge in [0.2, 0.25) is 0 Å². The van der Waals surface area contributed by atoms with Gasteiger partial charge in [0, 0.05) is 6.17 Å². The third-order valence-corrected chi connectivity index (χ3v) is 2.27. The van der Waals surface area contributed by atoms with Gasteiger partial charge in [0.25, 0.3) is 0 Å². The fraction of sp³-hybridized carbons (Fsp3) is 0.833. The first-order chi connectivity index (χ1) is 5.13. The highest BCUT2D eigenvalue weighted by atomic mass is 28.3. The van der Waals surface area contributed by atoms with Crippen LogP contribution < -0.4 is 5.32 Å². The van der Waals surface area contributed by atoms with Gasteiger partial charge < -0.3 is 5.32 Å². The van der Waals surface area contributed by atoms with E-state index >= 15 is 0 Å². The molecule has 12 heavy (non-hydrogen) atoms. The molecule has 0 fully saturated rings.